The maximum Gasteiger partial charge on any atom is 0.422 e. The van der Waals surface area contributed by atoms with Gasteiger partial charge in [0, 0.05) is 13.0 Å². The molecule has 1 heterocycles. The van der Waals surface area contributed by atoms with Crippen LogP contribution in [0, 0.1) is 5.92 Å². The molecule has 1 saturated heterocycles. The highest BCUT2D eigenvalue weighted by Gasteiger charge is 2.29. The molecule has 1 aromatic rings. The summed E-state index contributed by atoms with van der Waals surface area (Å²) in [6.45, 7) is 1.38. The van der Waals surface area contributed by atoms with Crippen LogP contribution >= 0.6 is 0 Å². The maximum atomic E-state index is 12.3. The Kier molecular flexibility index (Phi) is 8.22. The van der Waals surface area contributed by atoms with Crippen LogP contribution in [0.5, 0.6) is 11.5 Å². The van der Waals surface area contributed by atoms with E-state index in [0.717, 1.165) is 25.1 Å². The van der Waals surface area contributed by atoms with E-state index in [1.54, 1.807) is 12.1 Å². The number of methoxy groups -OCH3 is 1. The minimum absolute atomic E-state index is 0.0316. The highest BCUT2D eigenvalue weighted by molar-refractivity contribution is 5.76. The Morgan fingerprint density at radius 2 is 2.15 bits per heavy atom. The number of benzene rings is 1. The first-order valence-electron chi connectivity index (χ1n) is 9.21. The lowest BCUT2D eigenvalue weighted by molar-refractivity contribution is -0.153. The molecule has 0 aliphatic carbocycles. The highest BCUT2D eigenvalue weighted by atomic mass is 19.4. The van der Waals surface area contributed by atoms with Crippen molar-refractivity contribution < 1.29 is 27.4 Å². The number of carbonyl (C=O) groups excluding carboxylic acids is 1. The molecule has 0 spiro atoms. The van der Waals surface area contributed by atoms with Gasteiger partial charge in [-0.2, -0.15) is 13.2 Å². The Bertz CT molecular complexity index is 602. The lowest BCUT2D eigenvalue weighted by Gasteiger charge is -2.22. The van der Waals surface area contributed by atoms with Crippen LogP contribution in [0.4, 0.5) is 13.2 Å². The van der Waals surface area contributed by atoms with Crippen LogP contribution in [-0.4, -0.2) is 45.4 Å². The second kappa shape index (κ2) is 10.4. The summed E-state index contributed by atoms with van der Waals surface area (Å²) in [4.78, 5) is 12.0. The largest absolute Gasteiger partial charge is 0.493 e. The monoisotopic (exact) mass is 388 g/mol. The summed E-state index contributed by atoms with van der Waals surface area (Å²) in [6.07, 6.45) is -0.261. The smallest absolute Gasteiger partial charge is 0.422 e. The first kappa shape index (κ1) is 21.3. The van der Waals surface area contributed by atoms with Gasteiger partial charge in [-0.15, -0.1) is 0 Å². The summed E-state index contributed by atoms with van der Waals surface area (Å²) < 4.78 is 46.7. The molecule has 0 bridgehead atoms. The number of rotatable bonds is 9. The van der Waals surface area contributed by atoms with Gasteiger partial charge >= 0.3 is 6.18 Å². The van der Waals surface area contributed by atoms with Crippen molar-refractivity contribution in [3.05, 3.63) is 23.8 Å². The number of halogens is 3. The van der Waals surface area contributed by atoms with E-state index in [1.807, 2.05) is 0 Å². The zero-order valence-corrected chi connectivity index (χ0v) is 15.5. The summed E-state index contributed by atoms with van der Waals surface area (Å²) in [5.74, 6) is 0.841. The van der Waals surface area contributed by atoms with Crippen LogP contribution in [0.2, 0.25) is 0 Å². The van der Waals surface area contributed by atoms with Gasteiger partial charge in [0.05, 0.1) is 7.11 Å². The molecule has 5 nitrogen and oxygen atoms in total. The highest BCUT2D eigenvalue weighted by Crippen LogP contribution is 2.30. The minimum atomic E-state index is -4.41. The van der Waals surface area contributed by atoms with Gasteiger partial charge in [0.1, 0.15) is 0 Å². The summed E-state index contributed by atoms with van der Waals surface area (Å²) in [5, 5.41) is 6.28. The number of hydrogen-bond donors (Lipinski definition) is 2. The zero-order valence-electron chi connectivity index (χ0n) is 15.5. The van der Waals surface area contributed by atoms with Gasteiger partial charge in [0.2, 0.25) is 5.91 Å². The fourth-order valence-electron chi connectivity index (χ4n) is 3.08. The van der Waals surface area contributed by atoms with Gasteiger partial charge in [-0.3, -0.25) is 4.79 Å². The normalized spacial score (nSPS) is 17.4. The maximum absolute atomic E-state index is 12.3. The lowest BCUT2D eigenvalue weighted by atomic mass is 9.96. The van der Waals surface area contributed by atoms with Crippen LogP contribution in [-0.2, 0) is 11.2 Å². The molecule has 1 unspecified atom stereocenters. The number of aryl methyl sites for hydroxylation is 1. The van der Waals surface area contributed by atoms with Gasteiger partial charge < -0.3 is 20.1 Å². The average molecular weight is 388 g/mol. The van der Waals surface area contributed by atoms with Crippen LogP contribution in [0.3, 0.4) is 0 Å². The Hall–Kier alpha value is -1.96. The molecule has 27 heavy (non-hydrogen) atoms. The van der Waals surface area contributed by atoms with Gasteiger partial charge in [-0.25, -0.2) is 0 Å². The minimum Gasteiger partial charge on any atom is -0.493 e. The SMILES string of the molecule is COc1cc(CCC(=O)NCCC2CCCNC2)ccc1OCC(F)(F)F. The predicted octanol–water partition coefficient (Wildman–Crippen LogP) is 3.07. The quantitative estimate of drug-likeness (QED) is 0.683. The molecule has 2 N–H and O–H groups in total. The van der Waals surface area contributed by atoms with E-state index in [-0.39, 0.29) is 17.4 Å². The van der Waals surface area contributed by atoms with E-state index in [4.69, 9.17) is 9.47 Å². The van der Waals surface area contributed by atoms with E-state index >= 15 is 0 Å². The molecule has 1 aliphatic rings. The van der Waals surface area contributed by atoms with Crippen LogP contribution in [0.25, 0.3) is 0 Å². The van der Waals surface area contributed by atoms with Crippen molar-refractivity contribution in [3.63, 3.8) is 0 Å². The summed E-state index contributed by atoms with van der Waals surface area (Å²) in [5.41, 5.74) is 0.804. The van der Waals surface area contributed by atoms with Crippen molar-refractivity contribution in [2.75, 3.05) is 33.4 Å². The number of hydrogen-bond acceptors (Lipinski definition) is 4. The van der Waals surface area contributed by atoms with Crippen molar-refractivity contribution in [1.29, 1.82) is 0 Å². The van der Waals surface area contributed by atoms with E-state index in [0.29, 0.717) is 25.3 Å². The van der Waals surface area contributed by atoms with E-state index in [9.17, 15) is 18.0 Å². The Morgan fingerprint density at radius 1 is 1.33 bits per heavy atom. The number of amides is 1. The predicted molar refractivity (Wildman–Crippen MR) is 96.1 cm³/mol. The van der Waals surface area contributed by atoms with Crippen molar-refractivity contribution in [2.45, 2.75) is 38.3 Å². The van der Waals surface area contributed by atoms with E-state index < -0.39 is 12.8 Å². The third-order valence-electron chi connectivity index (χ3n) is 4.53. The van der Waals surface area contributed by atoms with Crippen molar-refractivity contribution in [3.8, 4) is 11.5 Å². The van der Waals surface area contributed by atoms with Crippen molar-refractivity contribution in [1.82, 2.24) is 10.6 Å². The number of piperidine rings is 1. The first-order chi connectivity index (χ1) is 12.9. The fourth-order valence-corrected chi connectivity index (χ4v) is 3.08. The summed E-state index contributed by atoms with van der Waals surface area (Å²) in [6, 6.07) is 4.69. The van der Waals surface area contributed by atoms with Crippen LogP contribution in [0.15, 0.2) is 18.2 Å². The Morgan fingerprint density at radius 3 is 2.81 bits per heavy atom. The van der Waals surface area contributed by atoms with Gasteiger partial charge in [-0.05, 0) is 62.4 Å². The van der Waals surface area contributed by atoms with Crippen LogP contribution < -0.4 is 20.1 Å². The third kappa shape index (κ3) is 8.07. The van der Waals surface area contributed by atoms with Crippen molar-refractivity contribution >= 4 is 5.91 Å². The first-order valence-corrected chi connectivity index (χ1v) is 9.21. The second-order valence-electron chi connectivity index (χ2n) is 6.74. The van der Waals surface area contributed by atoms with Gasteiger partial charge in [-0.1, -0.05) is 6.07 Å². The average Bonchev–Trinajstić information content (AvgIpc) is 2.65. The Labute approximate surface area is 157 Å². The van der Waals surface area contributed by atoms with Gasteiger partial charge in [0.25, 0.3) is 0 Å². The fraction of sp³-hybridized carbons (Fsp3) is 0.632. The van der Waals surface area contributed by atoms with Crippen molar-refractivity contribution in [2.24, 2.45) is 5.92 Å². The van der Waals surface area contributed by atoms with Gasteiger partial charge in [0.15, 0.2) is 18.1 Å². The molecule has 152 valence electrons. The molecule has 1 atom stereocenters. The van der Waals surface area contributed by atoms with E-state index in [2.05, 4.69) is 10.6 Å². The lowest BCUT2D eigenvalue weighted by Crippen LogP contribution is -2.33. The molecule has 0 aromatic heterocycles. The number of nitrogens with one attached hydrogen (secondary N) is 2. The molecule has 1 amide bonds. The molecule has 1 aliphatic heterocycles. The molecule has 0 saturated carbocycles. The molecular formula is C19H27F3N2O3. The second-order valence-corrected chi connectivity index (χ2v) is 6.74. The molecule has 1 fully saturated rings. The Balaban J connectivity index is 1.74. The van der Waals surface area contributed by atoms with E-state index in [1.165, 1.54) is 26.0 Å². The summed E-state index contributed by atoms with van der Waals surface area (Å²) in [7, 11) is 1.37. The number of alkyl halides is 3. The molecule has 2 rings (SSSR count). The molecule has 0 radical (unpaired) electrons. The standard InChI is InChI=1S/C19H27F3N2O3/c1-26-17-11-14(4-6-16(17)27-13-19(20,21)22)5-7-18(25)24-10-8-15-3-2-9-23-12-15/h4,6,11,15,23H,2-3,5,7-10,12-13H2,1H3,(H,24,25). The summed E-state index contributed by atoms with van der Waals surface area (Å²) >= 11 is 0. The van der Waals surface area contributed by atoms with Crippen LogP contribution in [0.1, 0.15) is 31.2 Å². The zero-order chi connectivity index (χ0) is 19.7. The number of ether oxygens (including phenoxy) is 2. The topological polar surface area (TPSA) is 59.6 Å². The third-order valence-corrected chi connectivity index (χ3v) is 4.53. The molecular weight excluding hydrogens is 361 g/mol. The molecule has 1 aromatic carbocycles. The number of carbonyl (C=O) groups is 1. The molecule has 8 heteroatoms.